The van der Waals surface area contributed by atoms with E-state index in [1.54, 1.807) is 7.11 Å². The second-order valence-corrected chi connectivity index (χ2v) is 4.94. The van der Waals surface area contributed by atoms with E-state index in [4.69, 9.17) is 9.47 Å². The van der Waals surface area contributed by atoms with E-state index < -0.39 is 0 Å². The standard InChI is InChI=1S/C18H23NO2/c1-3-16(14-19-13-15-8-5-4-6-9-15)21-18-11-7-10-17(12-18)20-2/h4-12,16,19H,3,13-14H2,1-2H3. The normalized spacial score (nSPS) is 11.9. The Balaban J connectivity index is 1.82. The molecule has 0 aliphatic carbocycles. The molecule has 0 saturated heterocycles. The minimum Gasteiger partial charge on any atom is -0.497 e. The average Bonchev–Trinajstić information content (AvgIpc) is 2.55. The first-order chi connectivity index (χ1) is 10.3. The van der Waals surface area contributed by atoms with Crippen LogP contribution in [0.1, 0.15) is 18.9 Å². The van der Waals surface area contributed by atoms with E-state index >= 15 is 0 Å². The van der Waals surface area contributed by atoms with Crippen LogP contribution in [0.25, 0.3) is 0 Å². The summed E-state index contributed by atoms with van der Waals surface area (Å²) >= 11 is 0. The minimum atomic E-state index is 0.154. The molecule has 0 heterocycles. The summed E-state index contributed by atoms with van der Waals surface area (Å²) < 4.78 is 11.2. The first-order valence-electron chi connectivity index (χ1n) is 7.37. The zero-order chi connectivity index (χ0) is 14.9. The Kier molecular flexibility index (Phi) is 6.10. The third-order valence-electron chi connectivity index (χ3n) is 3.34. The molecule has 2 aromatic carbocycles. The fourth-order valence-electron chi connectivity index (χ4n) is 2.11. The van der Waals surface area contributed by atoms with Gasteiger partial charge in [-0.3, -0.25) is 0 Å². The number of ether oxygens (including phenoxy) is 2. The molecule has 0 spiro atoms. The summed E-state index contributed by atoms with van der Waals surface area (Å²) in [6.07, 6.45) is 1.11. The lowest BCUT2D eigenvalue weighted by atomic mass is 10.2. The maximum atomic E-state index is 6.00. The lowest BCUT2D eigenvalue weighted by molar-refractivity contribution is 0.192. The minimum absolute atomic E-state index is 0.154. The average molecular weight is 285 g/mol. The van der Waals surface area contributed by atoms with Crippen LogP contribution in [0.4, 0.5) is 0 Å². The van der Waals surface area contributed by atoms with Gasteiger partial charge in [0.2, 0.25) is 0 Å². The van der Waals surface area contributed by atoms with Gasteiger partial charge in [-0.2, -0.15) is 0 Å². The fourth-order valence-corrected chi connectivity index (χ4v) is 2.11. The van der Waals surface area contributed by atoms with E-state index in [0.717, 1.165) is 31.0 Å². The van der Waals surface area contributed by atoms with Gasteiger partial charge in [-0.05, 0) is 24.1 Å². The Labute approximate surface area is 126 Å². The number of methoxy groups -OCH3 is 1. The van der Waals surface area contributed by atoms with Gasteiger partial charge in [0.25, 0.3) is 0 Å². The highest BCUT2D eigenvalue weighted by molar-refractivity contribution is 5.33. The van der Waals surface area contributed by atoms with Gasteiger partial charge < -0.3 is 14.8 Å². The lowest BCUT2D eigenvalue weighted by Crippen LogP contribution is -2.30. The van der Waals surface area contributed by atoms with Crippen LogP contribution in [0, 0.1) is 0 Å². The maximum Gasteiger partial charge on any atom is 0.123 e. The Bertz CT molecular complexity index is 528. The van der Waals surface area contributed by atoms with E-state index in [0.29, 0.717) is 0 Å². The van der Waals surface area contributed by atoms with Crippen LogP contribution in [0.5, 0.6) is 11.5 Å². The van der Waals surface area contributed by atoms with Crippen molar-refractivity contribution in [2.75, 3.05) is 13.7 Å². The summed E-state index contributed by atoms with van der Waals surface area (Å²) in [6.45, 7) is 3.82. The summed E-state index contributed by atoms with van der Waals surface area (Å²) in [7, 11) is 1.66. The Morgan fingerprint density at radius 1 is 1.00 bits per heavy atom. The van der Waals surface area contributed by atoms with Crippen molar-refractivity contribution in [2.45, 2.75) is 26.0 Å². The zero-order valence-electron chi connectivity index (χ0n) is 12.7. The van der Waals surface area contributed by atoms with Crippen LogP contribution in [0.2, 0.25) is 0 Å². The molecule has 0 fully saturated rings. The molecule has 0 radical (unpaired) electrons. The van der Waals surface area contributed by atoms with E-state index in [1.165, 1.54) is 5.56 Å². The van der Waals surface area contributed by atoms with Crippen molar-refractivity contribution in [3.05, 3.63) is 60.2 Å². The molecule has 112 valence electrons. The summed E-state index contributed by atoms with van der Waals surface area (Å²) in [6, 6.07) is 18.1. The van der Waals surface area contributed by atoms with Gasteiger partial charge >= 0.3 is 0 Å². The maximum absolute atomic E-state index is 6.00. The molecule has 3 heteroatoms. The fraction of sp³-hybridized carbons (Fsp3) is 0.333. The van der Waals surface area contributed by atoms with Crippen LogP contribution in [-0.4, -0.2) is 19.8 Å². The predicted octanol–water partition coefficient (Wildman–Crippen LogP) is 3.64. The van der Waals surface area contributed by atoms with Crippen molar-refractivity contribution in [1.29, 1.82) is 0 Å². The largest absolute Gasteiger partial charge is 0.497 e. The molecule has 0 bridgehead atoms. The molecule has 1 unspecified atom stereocenters. The summed E-state index contributed by atoms with van der Waals surface area (Å²) in [5.74, 6) is 1.67. The number of hydrogen-bond donors (Lipinski definition) is 1. The van der Waals surface area contributed by atoms with Crippen molar-refractivity contribution in [2.24, 2.45) is 0 Å². The van der Waals surface area contributed by atoms with Crippen molar-refractivity contribution in [1.82, 2.24) is 5.32 Å². The van der Waals surface area contributed by atoms with Gasteiger partial charge in [-0.1, -0.05) is 43.3 Å². The summed E-state index contributed by atoms with van der Waals surface area (Å²) in [4.78, 5) is 0. The first-order valence-corrected chi connectivity index (χ1v) is 7.37. The second kappa shape index (κ2) is 8.32. The first kappa shape index (κ1) is 15.4. The Morgan fingerprint density at radius 3 is 2.48 bits per heavy atom. The van der Waals surface area contributed by atoms with Crippen LogP contribution < -0.4 is 14.8 Å². The molecule has 1 N–H and O–H groups in total. The predicted molar refractivity (Wildman–Crippen MR) is 85.8 cm³/mol. The Hall–Kier alpha value is -2.00. The molecule has 0 aliphatic heterocycles. The highest BCUT2D eigenvalue weighted by atomic mass is 16.5. The number of benzene rings is 2. The molecule has 0 saturated carbocycles. The summed E-state index contributed by atoms with van der Waals surface area (Å²) in [5.41, 5.74) is 1.29. The molecular formula is C18H23NO2. The third kappa shape index (κ3) is 5.12. The monoisotopic (exact) mass is 285 g/mol. The second-order valence-electron chi connectivity index (χ2n) is 4.94. The highest BCUT2D eigenvalue weighted by Gasteiger charge is 2.08. The molecule has 0 amide bonds. The number of hydrogen-bond acceptors (Lipinski definition) is 3. The van der Waals surface area contributed by atoms with E-state index in [2.05, 4.69) is 36.5 Å². The smallest absolute Gasteiger partial charge is 0.123 e. The summed E-state index contributed by atoms with van der Waals surface area (Å²) in [5, 5.41) is 3.45. The number of rotatable bonds is 8. The van der Waals surface area contributed by atoms with Crippen molar-refractivity contribution in [3.63, 3.8) is 0 Å². The van der Waals surface area contributed by atoms with Gasteiger partial charge in [-0.15, -0.1) is 0 Å². The van der Waals surface area contributed by atoms with Crippen LogP contribution in [0.3, 0.4) is 0 Å². The number of nitrogens with one attached hydrogen (secondary N) is 1. The highest BCUT2D eigenvalue weighted by Crippen LogP contribution is 2.20. The quantitative estimate of drug-likeness (QED) is 0.803. The third-order valence-corrected chi connectivity index (χ3v) is 3.34. The van der Waals surface area contributed by atoms with Crippen molar-refractivity contribution < 1.29 is 9.47 Å². The molecule has 2 rings (SSSR count). The zero-order valence-corrected chi connectivity index (χ0v) is 12.7. The van der Waals surface area contributed by atoms with Gasteiger partial charge in [-0.25, -0.2) is 0 Å². The van der Waals surface area contributed by atoms with Crippen LogP contribution in [-0.2, 0) is 6.54 Å². The van der Waals surface area contributed by atoms with Gasteiger partial charge in [0, 0.05) is 19.2 Å². The lowest BCUT2D eigenvalue weighted by Gasteiger charge is -2.18. The van der Waals surface area contributed by atoms with Crippen LogP contribution >= 0.6 is 0 Å². The topological polar surface area (TPSA) is 30.5 Å². The van der Waals surface area contributed by atoms with Crippen molar-refractivity contribution in [3.8, 4) is 11.5 Å². The van der Waals surface area contributed by atoms with E-state index in [1.807, 2.05) is 30.3 Å². The van der Waals surface area contributed by atoms with Gasteiger partial charge in [0.1, 0.15) is 17.6 Å². The molecule has 1 atom stereocenters. The van der Waals surface area contributed by atoms with Crippen molar-refractivity contribution >= 4 is 0 Å². The molecule has 0 aromatic heterocycles. The molecule has 0 aliphatic rings. The van der Waals surface area contributed by atoms with Gasteiger partial charge in [0.05, 0.1) is 7.11 Å². The van der Waals surface area contributed by atoms with E-state index in [9.17, 15) is 0 Å². The Morgan fingerprint density at radius 2 is 1.76 bits per heavy atom. The SMILES string of the molecule is CCC(CNCc1ccccc1)Oc1cccc(OC)c1. The van der Waals surface area contributed by atoms with Gasteiger partial charge in [0.15, 0.2) is 0 Å². The molecular weight excluding hydrogens is 262 g/mol. The molecule has 21 heavy (non-hydrogen) atoms. The van der Waals surface area contributed by atoms with Crippen LogP contribution in [0.15, 0.2) is 54.6 Å². The molecule has 3 nitrogen and oxygen atoms in total. The van der Waals surface area contributed by atoms with E-state index in [-0.39, 0.29) is 6.10 Å². The molecule has 2 aromatic rings.